The van der Waals surface area contributed by atoms with Crippen molar-refractivity contribution < 1.29 is 13.2 Å². The third-order valence-corrected chi connectivity index (χ3v) is 4.52. The number of likely N-dealkylation sites (tertiary alicyclic amines) is 1. The van der Waals surface area contributed by atoms with E-state index < -0.39 is 15.9 Å². The fraction of sp³-hybridized carbons (Fsp3) is 0.917. The number of nitrogens with two attached hydrogens (primary N) is 1. The van der Waals surface area contributed by atoms with Gasteiger partial charge in [-0.1, -0.05) is 0 Å². The molecule has 3 N–H and O–H groups in total. The lowest BCUT2D eigenvalue weighted by Crippen LogP contribution is -2.44. The van der Waals surface area contributed by atoms with Gasteiger partial charge in [0, 0.05) is 12.8 Å². The van der Waals surface area contributed by atoms with Crippen LogP contribution in [0.25, 0.3) is 0 Å². The highest BCUT2D eigenvalue weighted by molar-refractivity contribution is 7.90. The van der Waals surface area contributed by atoms with Crippen LogP contribution < -0.4 is 11.1 Å². The van der Waals surface area contributed by atoms with Gasteiger partial charge in [0.2, 0.25) is 5.91 Å². The molecule has 1 rings (SSSR count). The van der Waals surface area contributed by atoms with Crippen molar-refractivity contribution in [2.24, 2.45) is 11.7 Å². The maximum atomic E-state index is 11.7. The second-order valence-corrected chi connectivity index (χ2v) is 7.78. The summed E-state index contributed by atoms with van der Waals surface area (Å²) < 4.78 is 22.0. The minimum atomic E-state index is -3.06. The average Bonchev–Trinajstić information content (AvgIpc) is 2.34. The number of carbonyl (C=O) groups excluding carboxylic acids is 1. The Morgan fingerprint density at radius 1 is 1.42 bits per heavy atom. The van der Waals surface area contributed by atoms with Crippen molar-refractivity contribution >= 4 is 15.7 Å². The van der Waals surface area contributed by atoms with Crippen LogP contribution in [0.1, 0.15) is 19.3 Å². The number of sulfone groups is 1. The number of hydrogen-bond donors (Lipinski definition) is 2. The van der Waals surface area contributed by atoms with Crippen LogP contribution in [0.15, 0.2) is 0 Å². The van der Waals surface area contributed by atoms with Gasteiger partial charge >= 0.3 is 0 Å². The largest absolute Gasteiger partial charge is 0.354 e. The maximum absolute atomic E-state index is 11.7. The van der Waals surface area contributed by atoms with E-state index in [2.05, 4.69) is 17.3 Å². The van der Waals surface area contributed by atoms with Crippen molar-refractivity contribution in [3.05, 3.63) is 0 Å². The lowest BCUT2D eigenvalue weighted by molar-refractivity contribution is -0.122. The molecule has 0 aromatic heterocycles. The Hall–Kier alpha value is -0.660. The van der Waals surface area contributed by atoms with Crippen molar-refractivity contribution in [1.29, 1.82) is 0 Å². The van der Waals surface area contributed by atoms with Crippen LogP contribution in [-0.2, 0) is 14.6 Å². The molecule has 0 aromatic rings. The monoisotopic (exact) mass is 291 g/mol. The third kappa shape index (κ3) is 6.89. The van der Waals surface area contributed by atoms with E-state index in [1.54, 1.807) is 0 Å². The molecule has 7 heteroatoms. The predicted molar refractivity (Wildman–Crippen MR) is 75.5 cm³/mol. The molecule has 1 aliphatic rings. The molecule has 19 heavy (non-hydrogen) atoms. The first-order chi connectivity index (χ1) is 8.78. The smallest absolute Gasteiger partial charge is 0.236 e. The second-order valence-electron chi connectivity index (χ2n) is 5.52. The zero-order chi connectivity index (χ0) is 14.5. The summed E-state index contributed by atoms with van der Waals surface area (Å²) in [5, 5.41) is 2.83. The van der Waals surface area contributed by atoms with Gasteiger partial charge in [-0.15, -0.1) is 0 Å². The highest BCUT2D eigenvalue weighted by Crippen LogP contribution is 2.14. The molecular formula is C12H25N3O3S. The van der Waals surface area contributed by atoms with E-state index in [4.69, 9.17) is 5.73 Å². The standard InChI is InChI=1S/C12H25N3O3S/c1-15-6-3-10(4-7-15)9-14-12(16)11(13)5-8-19(2,17)18/h10-11H,3-9,13H2,1-2H3,(H,14,16). The number of rotatable bonds is 6. The van der Waals surface area contributed by atoms with Crippen LogP contribution in [0.3, 0.4) is 0 Å². The molecule has 0 radical (unpaired) electrons. The number of nitrogens with zero attached hydrogens (tertiary/aromatic N) is 1. The highest BCUT2D eigenvalue weighted by atomic mass is 32.2. The summed E-state index contributed by atoms with van der Waals surface area (Å²) in [6, 6.07) is -0.735. The Bertz CT molecular complexity index is 389. The van der Waals surface area contributed by atoms with Crippen LogP contribution >= 0.6 is 0 Å². The minimum absolute atomic E-state index is 0.0458. The van der Waals surface area contributed by atoms with Crippen molar-refractivity contribution in [2.75, 3.05) is 38.7 Å². The van der Waals surface area contributed by atoms with Gasteiger partial charge in [-0.05, 0) is 45.3 Å². The number of piperidine rings is 1. The van der Waals surface area contributed by atoms with Crippen molar-refractivity contribution in [3.8, 4) is 0 Å². The zero-order valence-electron chi connectivity index (χ0n) is 11.8. The Kier molecular flexibility index (Phi) is 6.22. The van der Waals surface area contributed by atoms with Crippen LogP contribution in [0, 0.1) is 5.92 Å². The number of carbonyl (C=O) groups is 1. The second kappa shape index (κ2) is 7.21. The number of amides is 1. The lowest BCUT2D eigenvalue weighted by atomic mass is 9.97. The maximum Gasteiger partial charge on any atom is 0.236 e. The molecule has 1 atom stereocenters. The Morgan fingerprint density at radius 3 is 2.53 bits per heavy atom. The van der Waals surface area contributed by atoms with Gasteiger partial charge < -0.3 is 16.0 Å². The van der Waals surface area contributed by atoms with E-state index in [0.717, 1.165) is 32.2 Å². The minimum Gasteiger partial charge on any atom is -0.354 e. The van der Waals surface area contributed by atoms with Crippen LogP contribution in [-0.4, -0.2) is 64.0 Å². The molecule has 0 aliphatic carbocycles. The van der Waals surface area contributed by atoms with Gasteiger partial charge in [-0.25, -0.2) is 8.42 Å². The van der Waals surface area contributed by atoms with Gasteiger partial charge in [0.25, 0.3) is 0 Å². The molecule has 1 unspecified atom stereocenters. The Morgan fingerprint density at radius 2 is 2.00 bits per heavy atom. The molecule has 1 fully saturated rings. The first kappa shape index (κ1) is 16.4. The molecule has 0 aromatic carbocycles. The number of hydrogen-bond acceptors (Lipinski definition) is 5. The molecule has 0 spiro atoms. The van der Waals surface area contributed by atoms with E-state index in [1.807, 2.05) is 0 Å². The summed E-state index contributed by atoms with van der Waals surface area (Å²) in [4.78, 5) is 14.0. The average molecular weight is 291 g/mol. The van der Waals surface area contributed by atoms with Gasteiger partial charge in [0.15, 0.2) is 0 Å². The molecule has 1 aliphatic heterocycles. The van der Waals surface area contributed by atoms with Gasteiger partial charge in [0.05, 0.1) is 11.8 Å². The van der Waals surface area contributed by atoms with Gasteiger partial charge in [-0.3, -0.25) is 4.79 Å². The number of nitrogens with one attached hydrogen (secondary N) is 1. The van der Waals surface area contributed by atoms with E-state index in [-0.39, 0.29) is 18.1 Å². The van der Waals surface area contributed by atoms with E-state index in [9.17, 15) is 13.2 Å². The fourth-order valence-corrected chi connectivity index (χ4v) is 2.80. The molecule has 1 saturated heterocycles. The van der Waals surface area contributed by atoms with Crippen molar-refractivity contribution in [3.63, 3.8) is 0 Å². The first-order valence-electron chi connectivity index (χ1n) is 6.67. The van der Waals surface area contributed by atoms with Gasteiger partial charge in [-0.2, -0.15) is 0 Å². The molecular weight excluding hydrogens is 266 g/mol. The Balaban J connectivity index is 2.23. The first-order valence-corrected chi connectivity index (χ1v) is 8.73. The van der Waals surface area contributed by atoms with Crippen molar-refractivity contribution in [2.45, 2.75) is 25.3 Å². The summed E-state index contributed by atoms with van der Waals surface area (Å²) >= 11 is 0. The van der Waals surface area contributed by atoms with Crippen LogP contribution in [0.2, 0.25) is 0 Å². The lowest BCUT2D eigenvalue weighted by Gasteiger charge is -2.29. The fourth-order valence-electron chi connectivity index (χ4n) is 2.11. The molecule has 1 amide bonds. The third-order valence-electron chi connectivity index (χ3n) is 3.54. The SMILES string of the molecule is CN1CCC(CNC(=O)C(N)CCS(C)(=O)=O)CC1. The molecule has 0 saturated carbocycles. The predicted octanol–water partition coefficient (Wildman–Crippen LogP) is -0.794. The molecule has 6 nitrogen and oxygen atoms in total. The zero-order valence-corrected chi connectivity index (χ0v) is 12.6. The topological polar surface area (TPSA) is 92.5 Å². The van der Waals surface area contributed by atoms with Crippen molar-refractivity contribution in [1.82, 2.24) is 10.2 Å². The highest BCUT2D eigenvalue weighted by Gasteiger charge is 2.20. The van der Waals surface area contributed by atoms with Gasteiger partial charge in [0.1, 0.15) is 9.84 Å². The van der Waals surface area contributed by atoms with E-state index >= 15 is 0 Å². The Labute approximate surface area is 115 Å². The molecule has 112 valence electrons. The molecule has 0 bridgehead atoms. The quantitative estimate of drug-likeness (QED) is 0.669. The van der Waals surface area contributed by atoms with E-state index in [0.29, 0.717) is 12.5 Å². The normalized spacial score (nSPS) is 20.2. The summed E-state index contributed by atoms with van der Waals surface area (Å²) in [6.45, 7) is 2.75. The van der Waals surface area contributed by atoms with E-state index in [1.165, 1.54) is 0 Å². The summed E-state index contributed by atoms with van der Waals surface area (Å²) in [5.74, 6) is 0.209. The van der Waals surface area contributed by atoms with Crippen LogP contribution in [0.4, 0.5) is 0 Å². The summed E-state index contributed by atoms with van der Waals surface area (Å²) in [5.41, 5.74) is 5.68. The van der Waals surface area contributed by atoms with Crippen LogP contribution in [0.5, 0.6) is 0 Å². The summed E-state index contributed by atoms with van der Waals surface area (Å²) in [7, 11) is -0.967. The molecule has 1 heterocycles. The summed E-state index contributed by atoms with van der Waals surface area (Å²) in [6.07, 6.45) is 3.49.